The van der Waals surface area contributed by atoms with Crippen molar-refractivity contribution in [3.8, 4) is 0 Å². The Labute approximate surface area is 91.9 Å². The Morgan fingerprint density at radius 2 is 1.07 bits per heavy atom. The molecule has 0 radical (unpaired) electrons. The first-order valence-corrected chi connectivity index (χ1v) is 6.36. The highest BCUT2D eigenvalue weighted by atomic mass is 15.2. The summed E-state index contributed by atoms with van der Waals surface area (Å²) in [5.41, 5.74) is 0.403. The molecule has 0 aliphatic carbocycles. The Balaban J connectivity index is 0. The van der Waals surface area contributed by atoms with Gasteiger partial charge < -0.3 is 0 Å². The monoisotopic (exact) mass is 201 g/mol. The van der Waals surface area contributed by atoms with Gasteiger partial charge in [-0.1, -0.05) is 34.1 Å². The molecule has 0 aromatic heterocycles. The van der Waals surface area contributed by atoms with E-state index >= 15 is 0 Å². The lowest BCUT2D eigenvalue weighted by atomic mass is 10.0. The Bertz CT molecular complexity index is 96.3. The smallest absolute Gasteiger partial charge is 0.0125 e. The Morgan fingerprint density at radius 1 is 0.714 bits per heavy atom. The van der Waals surface area contributed by atoms with E-state index in [1.165, 1.54) is 32.4 Å². The summed E-state index contributed by atoms with van der Waals surface area (Å²) in [6, 6.07) is 0. The lowest BCUT2D eigenvalue weighted by Gasteiger charge is -2.38. The van der Waals surface area contributed by atoms with Gasteiger partial charge in [-0.15, -0.1) is 0 Å². The number of rotatable bonds is 0. The van der Waals surface area contributed by atoms with Crippen LogP contribution in [0, 0.1) is 0 Å². The Hall–Kier alpha value is -0.0400. The van der Waals surface area contributed by atoms with Crippen LogP contribution >= 0.6 is 0 Å². The summed E-state index contributed by atoms with van der Waals surface area (Å²) in [5, 5.41) is 0. The van der Waals surface area contributed by atoms with Gasteiger partial charge in [0.1, 0.15) is 0 Å². The summed E-state index contributed by atoms with van der Waals surface area (Å²) < 4.78 is 0. The third kappa shape index (κ3) is 7.37. The molecule has 14 heavy (non-hydrogen) atoms. The molecule has 1 nitrogen and oxygen atoms in total. The molecule has 1 heterocycles. The Morgan fingerprint density at radius 3 is 1.29 bits per heavy atom. The molecule has 1 heteroatoms. The van der Waals surface area contributed by atoms with Gasteiger partial charge in [0.15, 0.2) is 0 Å². The van der Waals surface area contributed by atoms with Crippen molar-refractivity contribution in [2.75, 3.05) is 13.1 Å². The fourth-order valence-electron chi connectivity index (χ4n) is 1.56. The standard InChI is InChI=1S/C9H19N.2C2H6/c1-9(2,3)10-7-5-4-6-8-10;2*1-2/h4-8H2,1-3H3;2*1-2H3. The van der Waals surface area contributed by atoms with Crippen LogP contribution < -0.4 is 0 Å². The molecule has 1 aliphatic heterocycles. The number of nitrogens with zero attached hydrogens (tertiary/aromatic N) is 1. The average molecular weight is 201 g/mol. The molecular formula is C13H31N. The summed E-state index contributed by atoms with van der Waals surface area (Å²) in [6.07, 6.45) is 4.24. The molecule has 0 amide bonds. The molecule has 0 spiro atoms. The maximum absolute atomic E-state index is 2.58. The van der Waals surface area contributed by atoms with Gasteiger partial charge in [0, 0.05) is 5.54 Å². The van der Waals surface area contributed by atoms with E-state index < -0.39 is 0 Å². The zero-order valence-electron chi connectivity index (χ0n) is 11.5. The molecule has 0 aromatic carbocycles. The van der Waals surface area contributed by atoms with E-state index in [9.17, 15) is 0 Å². The van der Waals surface area contributed by atoms with Crippen molar-refractivity contribution in [2.24, 2.45) is 0 Å². The lowest BCUT2D eigenvalue weighted by molar-refractivity contribution is 0.111. The summed E-state index contributed by atoms with van der Waals surface area (Å²) in [6.45, 7) is 17.5. The van der Waals surface area contributed by atoms with Crippen molar-refractivity contribution in [3.63, 3.8) is 0 Å². The molecule has 0 aromatic rings. The first-order chi connectivity index (χ1) is 6.61. The van der Waals surface area contributed by atoms with Crippen LogP contribution in [0.4, 0.5) is 0 Å². The predicted octanol–water partition coefficient (Wildman–Crippen LogP) is 4.32. The quantitative estimate of drug-likeness (QED) is 0.564. The molecule has 0 atom stereocenters. The normalized spacial score (nSPS) is 17.4. The van der Waals surface area contributed by atoms with Gasteiger partial charge in [-0.2, -0.15) is 0 Å². The fraction of sp³-hybridized carbons (Fsp3) is 1.00. The highest BCUT2D eigenvalue weighted by Crippen LogP contribution is 2.18. The van der Waals surface area contributed by atoms with Crippen LogP contribution in [0.1, 0.15) is 67.7 Å². The molecule has 0 bridgehead atoms. The predicted molar refractivity (Wildman–Crippen MR) is 67.9 cm³/mol. The van der Waals surface area contributed by atoms with Crippen LogP contribution in [0.5, 0.6) is 0 Å². The van der Waals surface area contributed by atoms with Gasteiger partial charge in [0.05, 0.1) is 0 Å². The lowest BCUT2D eigenvalue weighted by Crippen LogP contribution is -2.44. The number of likely N-dealkylation sites (tertiary alicyclic amines) is 1. The van der Waals surface area contributed by atoms with Crippen LogP contribution in [-0.2, 0) is 0 Å². The first-order valence-electron chi connectivity index (χ1n) is 6.36. The van der Waals surface area contributed by atoms with E-state index in [2.05, 4.69) is 25.7 Å². The number of hydrogen-bond donors (Lipinski definition) is 0. The molecule has 0 N–H and O–H groups in total. The van der Waals surface area contributed by atoms with Crippen molar-refractivity contribution < 1.29 is 0 Å². The van der Waals surface area contributed by atoms with Gasteiger partial charge in [0.2, 0.25) is 0 Å². The number of hydrogen-bond acceptors (Lipinski definition) is 1. The SMILES string of the molecule is CC.CC.CC(C)(C)N1CCCCC1. The van der Waals surface area contributed by atoms with Crippen LogP contribution in [0.15, 0.2) is 0 Å². The average Bonchev–Trinajstić information content (AvgIpc) is 2.24. The molecule has 1 rings (SSSR count). The minimum absolute atomic E-state index is 0.403. The first kappa shape index (κ1) is 16.4. The van der Waals surface area contributed by atoms with Gasteiger partial charge in [-0.3, -0.25) is 4.90 Å². The van der Waals surface area contributed by atoms with Gasteiger partial charge >= 0.3 is 0 Å². The van der Waals surface area contributed by atoms with E-state index in [4.69, 9.17) is 0 Å². The molecular weight excluding hydrogens is 170 g/mol. The molecule has 1 saturated heterocycles. The van der Waals surface area contributed by atoms with Gasteiger partial charge in [-0.05, 0) is 46.7 Å². The zero-order chi connectivity index (χ0) is 11.6. The molecule has 0 saturated carbocycles. The van der Waals surface area contributed by atoms with Crippen LogP contribution in [0.25, 0.3) is 0 Å². The second kappa shape index (κ2) is 9.51. The van der Waals surface area contributed by atoms with E-state index in [1.807, 2.05) is 27.7 Å². The third-order valence-electron chi connectivity index (χ3n) is 2.30. The number of piperidine rings is 1. The largest absolute Gasteiger partial charge is 0.298 e. The van der Waals surface area contributed by atoms with Crippen molar-refractivity contribution in [3.05, 3.63) is 0 Å². The second-order valence-corrected chi connectivity index (χ2v) is 4.22. The minimum atomic E-state index is 0.403. The van der Waals surface area contributed by atoms with Crippen molar-refractivity contribution >= 4 is 0 Å². The highest BCUT2D eigenvalue weighted by molar-refractivity contribution is 4.78. The van der Waals surface area contributed by atoms with E-state index in [0.717, 1.165) is 0 Å². The summed E-state index contributed by atoms with van der Waals surface area (Å²) in [7, 11) is 0. The molecule has 1 aliphatic rings. The molecule has 88 valence electrons. The van der Waals surface area contributed by atoms with Crippen LogP contribution in [0.3, 0.4) is 0 Å². The van der Waals surface area contributed by atoms with Gasteiger partial charge in [0.25, 0.3) is 0 Å². The summed E-state index contributed by atoms with van der Waals surface area (Å²) in [4.78, 5) is 2.58. The minimum Gasteiger partial charge on any atom is -0.298 e. The van der Waals surface area contributed by atoms with Crippen molar-refractivity contribution in [1.82, 2.24) is 4.90 Å². The van der Waals surface area contributed by atoms with Crippen LogP contribution in [-0.4, -0.2) is 23.5 Å². The van der Waals surface area contributed by atoms with Gasteiger partial charge in [-0.25, -0.2) is 0 Å². The maximum Gasteiger partial charge on any atom is 0.0125 e. The van der Waals surface area contributed by atoms with Crippen molar-refractivity contribution in [1.29, 1.82) is 0 Å². The zero-order valence-corrected chi connectivity index (χ0v) is 11.5. The van der Waals surface area contributed by atoms with E-state index in [1.54, 1.807) is 0 Å². The topological polar surface area (TPSA) is 3.24 Å². The Kier molecular flexibility index (Phi) is 11.1. The second-order valence-electron chi connectivity index (χ2n) is 4.22. The van der Waals surface area contributed by atoms with Crippen LogP contribution in [0.2, 0.25) is 0 Å². The molecule has 1 fully saturated rings. The third-order valence-corrected chi connectivity index (χ3v) is 2.30. The van der Waals surface area contributed by atoms with E-state index in [-0.39, 0.29) is 0 Å². The van der Waals surface area contributed by atoms with Crippen molar-refractivity contribution in [2.45, 2.75) is 73.3 Å². The van der Waals surface area contributed by atoms with E-state index in [0.29, 0.717) is 5.54 Å². The summed E-state index contributed by atoms with van der Waals surface area (Å²) >= 11 is 0. The highest BCUT2D eigenvalue weighted by Gasteiger charge is 2.21. The maximum atomic E-state index is 2.58. The fourth-order valence-corrected chi connectivity index (χ4v) is 1.56. The molecule has 0 unspecified atom stereocenters. The summed E-state index contributed by atoms with van der Waals surface area (Å²) in [5.74, 6) is 0.